The Balaban J connectivity index is 2.69. The van der Waals surface area contributed by atoms with Crippen LogP contribution in [0.4, 0.5) is 5.69 Å². The molecule has 1 aromatic carbocycles. The van der Waals surface area contributed by atoms with E-state index in [9.17, 15) is 10.1 Å². The first kappa shape index (κ1) is 12.9. The lowest BCUT2D eigenvalue weighted by Gasteiger charge is -2.07. The molecule has 88 valence electrons. The van der Waals surface area contributed by atoms with Gasteiger partial charge in [-0.15, -0.1) is 0 Å². The van der Waals surface area contributed by atoms with Crippen LogP contribution in [0, 0.1) is 10.1 Å². The number of aliphatic hydroxyl groups is 1. The van der Waals surface area contributed by atoms with Gasteiger partial charge in [0.05, 0.1) is 23.7 Å². The predicted octanol–water partition coefficient (Wildman–Crippen LogP) is 2.51. The Kier molecular flexibility index (Phi) is 4.70. The van der Waals surface area contributed by atoms with Crippen LogP contribution in [-0.4, -0.2) is 22.7 Å². The Morgan fingerprint density at radius 2 is 2.25 bits per heavy atom. The van der Waals surface area contributed by atoms with Crippen molar-refractivity contribution in [2.75, 3.05) is 6.61 Å². The van der Waals surface area contributed by atoms with Gasteiger partial charge in [-0.3, -0.25) is 10.1 Å². The second-order valence-electron chi connectivity index (χ2n) is 3.39. The molecule has 0 bridgehead atoms. The maximum absolute atomic E-state index is 10.6. The maximum atomic E-state index is 10.6. The molecule has 5 nitrogen and oxygen atoms in total. The Morgan fingerprint density at radius 3 is 2.81 bits per heavy atom. The molecule has 0 saturated heterocycles. The number of rotatable bonds is 5. The van der Waals surface area contributed by atoms with Crippen LogP contribution in [0.15, 0.2) is 22.7 Å². The molecule has 0 amide bonds. The number of hydrogen-bond acceptors (Lipinski definition) is 4. The summed E-state index contributed by atoms with van der Waals surface area (Å²) in [5.74, 6) is 0.418. The van der Waals surface area contributed by atoms with Gasteiger partial charge in [0.15, 0.2) is 0 Å². The van der Waals surface area contributed by atoms with E-state index >= 15 is 0 Å². The van der Waals surface area contributed by atoms with Crippen molar-refractivity contribution in [3.8, 4) is 5.75 Å². The molecule has 1 rings (SSSR count). The Morgan fingerprint density at radius 1 is 1.56 bits per heavy atom. The number of non-ortho nitro benzene ring substituents is 1. The van der Waals surface area contributed by atoms with Gasteiger partial charge in [0.25, 0.3) is 5.69 Å². The summed E-state index contributed by atoms with van der Waals surface area (Å²) in [6.45, 7) is 1.98. The van der Waals surface area contributed by atoms with Crippen LogP contribution in [0.2, 0.25) is 0 Å². The number of nitro groups is 1. The molecule has 1 atom stereocenters. The van der Waals surface area contributed by atoms with E-state index in [0.717, 1.165) is 0 Å². The van der Waals surface area contributed by atoms with E-state index in [2.05, 4.69) is 15.9 Å². The van der Waals surface area contributed by atoms with E-state index < -0.39 is 11.0 Å². The van der Waals surface area contributed by atoms with Gasteiger partial charge >= 0.3 is 0 Å². The average Bonchev–Trinajstić information content (AvgIpc) is 2.16. The fraction of sp³-hybridized carbons (Fsp3) is 0.400. The molecule has 16 heavy (non-hydrogen) atoms. The minimum Gasteiger partial charge on any atom is -0.493 e. The lowest BCUT2D eigenvalue weighted by atomic mass is 10.3. The number of aliphatic hydroxyl groups excluding tert-OH is 1. The molecule has 1 unspecified atom stereocenters. The first-order valence-corrected chi connectivity index (χ1v) is 5.54. The number of benzene rings is 1. The van der Waals surface area contributed by atoms with Crippen molar-refractivity contribution in [1.29, 1.82) is 0 Å². The van der Waals surface area contributed by atoms with Gasteiger partial charge in [0.2, 0.25) is 0 Å². The molecule has 0 aliphatic carbocycles. The smallest absolute Gasteiger partial charge is 0.274 e. The maximum Gasteiger partial charge on any atom is 0.274 e. The van der Waals surface area contributed by atoms with Crippen molar-refractivity contribution in [2.24, 2.45) is 0 Å². The van der Waals surface area contributed by atoms with Crippen LogP contribution in [0.3, 0.4) is 0 Å². The standard InChI is InChI=1S/C10H12BrNO4/c1-7(13)2-3-16-10-5-8(11)4-9(6-10)12(14)15/h4-7,13H,2-3H2,1H3. The van der Waals surface area contributed by atoms with E-state index in [0.29, 0.717) is 23.2 Å². The highest BCUT2D eigenvalue weighted by molar-refractivity contribution is 9.10. The van der Waals surface area contributed by atoms with Crippen LogP contribution in [0.5, 0.6) is 5.75 Å². The normalized spacial score (nSPS) is 12.2. The number of nitrogens with zero attached hydrogens (tertiary/aromatic N) is 1. The van der Waals surface area contributed by atoms with Crippen molar-refractivity contribution in [2.45, 2.75) is 19.4 Å². The van der Waals surface area contributed by atoms with Crippen molar-refractivity contribution >= 4 is 21.6 Å². The highest BCUT2D eigenvalue weighted by Crippen LogP contribution is 2.26. The Bertz CT molecular complexity index is 381. The molecule has 0 fully saturated rings. The van der Waals surface area contributed by atoms with Gasteiger partial charge < -0.3 is 9.84 Å². The monoisotopic (exact) mass is 289 g/mol. The summed E-state index contributed by atoms with van der Waals surface area (Å²) in [5.41, 5.74) is -0.0265. The summed E-state index contributed by atoms with van der Waals surface area (Å²) < 4.78 is 5.89. The van der Waals surface area contributed by atoms with Gasteiger partial charge in [-0.2, -0.15) is 0 Å². The van der Waals surface area contributed by atoms with Crippen molar-refractivity contribution < 1.29 is 14.8 Å². The van der Waals surface area contributed by atoms with Crippen molar-refractivity contribution in [3.05, 3.63) is 32.8 Å². The minimum absolute atomic E-state index is 0.0265. The number of nitro benzene ring substituents is 1. The van der Waals surface area contributed by atoms with Crippen LogP contribution in [-0.2, 0) is 0 Å². The summed E-state index contributed by atoms with van der Waals surface area (Å²) >= 11 is 3.17. The molecule has 0 aliphatic rings. The molecule has 1 N–H and O–H groups in total. The zero-order chi connectivity index (χ0) is 12.1. The number of halogens is 1. The fourth-order valence-electron chi connectivity index (χ4n) is 1.08. The molecule has 0 spiro atoms. The van der Waals surface area contributed by atoms with E-state index in [-0.39, 0.29) is 5.69 Å². The van der Waals surface area contributed by atoms with Gasteiger partial charge in [-0.05, 0) is 13.0 Å². The molecular weight excluding hydrogens is 278 g/mol. The topological polar surface area (TPSA) is 72.6 Å². The van der Waals surface area contributed by atoms with E-state index in [1.54, 1.807) is 13.0 Å². The van der Waals surface area contributed by atoms with E-state index in [1.165, 1.54) is 12.1 Å². The van der Waals surface area contributed by atoms with Gasteiger partial charge in [-0.25, -0.2) is 0 Å². The van der Waals surface area contributed by atoms with Gasteiger partial charge in [-0.1, -0.05) is 15.9 Å². The molecule has 0 saturated carbocycles. The van der Waals surface area contributed by atoms with Crippen LogP contribution >= 0.6 is 15.9 Å². The molecule has 1 aromatic rings. The molecule has 0 heterocycles. The molecule has 0 radical (unpaired) electrons. The predicted molar refractivity (Wildman–Crippen MR) is 62.6 cm³/mol. The Labute approximate surface area is 101 Å². The summed E-state index contributed by atoms with van der Waals surface area (Å²) in [6.07, 6.45) is 0.0440. The molecule has 0 aromatic heterocycles. The Hall–Kier alpha value is -1.14. The summed E-state index contributed by atoms with van der Waals surface area (Å²) in [6, 6.07) is 4.41. The third-order valence-corrected chi connectivity index (χ3v) is 2.33. The first-order chi connectivity index (χ1) is 7.49. The summed E-state index contributed by atoms with van der Waals surface area (Å²) in [5, 5.41) is 19.6. The summed E-state index contributed by atoms with van der Waals surface area (Å²) in [4.78, 5) is 10.1. The quantitative estimate of drug-likeness (QED) is 0.668. The summed E-state index contributed by atoms with van der Waals surface area (Å²) in [7, 11) is 0. The fourth-order valence-corrected chi connectivity index (χ4v) is 1.54. The third kappa shape index (κ3) is 4.16. The van der Waals surface area contributed by atoms with Crippen LogP contribution in [0.1, 0.15) is 13.3 Å². The lowest BCUT2D eigenvalue weighted by Crippen LogP contribution is -2.07. The van der Waals surface area contributed by atoms with Crippen LogP contribution in [0.25, 0.3) is 0 Å². The van der Waals surface area contributed by atoms with Gasteiger partial charge in [0.1, 0.15) is 5.75 Å². The lowest BCUT2D eigenvalue weighted by molar-refractivity contribution is -0.385. The zero-order valence-corrected chi connectivity index (χ0v) is 10.3. The molecular formula is C10H12BrNO4. The van der Waals surface area contributed by atoms with Crippen molar-refractivity contribution in [3.63, 3.8) is 0 Å². The largest absolute Gasteiger partial charge is 0.493 e. The zero-order valence-electron chi connectivity index (χ0n) is 8.72. The number of hydrogen-bond donors (Lipinski definition) is 1. The highest BCUT2D eigenvalue weighted by atomic mass is 79.9. The third-order valence-electron chi connectivity index (χ3n) is 1.87. The van der Waals surface area contributed by atoms with E-state index in [1.807, 2.05) is 0 Å². The molecule has 6 heteroatoms. The second-order valence-corrected chi connectivity index (χ2v) is 4.30. The minimum atomic E-state index is -0.480. The van der Waals surface area contributed by atoms with Crippen molar-refractivity contribution in [1.82, 2.24) is 0 Å². The SMILES string of the molecule is CC(O)CCOc1cc(Br)cc([N+](=O)[O-])c1. The van der Waals surface area contributed by atoms with Crippen LogP contribution < -0.4 is 4.74 Å². The van der Waals surface area contributed by atoms with E-state index in [4.69, 9.17) is 9.84 Å². The molecule has 0 aliphatic heterocycles. The first-order valence-electron chi connectivity index (χ1n) is 4.75. The van der Waals surface area contributed by atoms with Gasteiger partial charge in [0, 0.05) is 17.0 Å². The second kappa shape index (κ2) is 5.81. The average molecular weight is 290 g/mol. The highest BCUT2D eigenvalue weighted by Gasteiger charge is 2.09. The number of ether oxygens (including phenoxy) is 1.